The van der Waals surface area contributed by atoms with Crippen molar-refractivity contribution in [2.24, 2.45) is 0 Å². The summed E-state index contributed by atoms with van der Waals surface area (Å²) in [5, 5.41) is 4.31. The van der Waals surface area contributed by atoms with Crippen LogP contribution >= 0.6 is 23.2 Å². The average Bonchev–Trinajstić information content (AvgIpc) is 2.78. The number of hydrogen-bond donors (Lipinski definition) is 1. The van der Waals surface area contributed by atoms with Crippen LogP contribution in [0.3, 0.4) is 0 Å². The minimum Gasteiger partial charge on any atom is -0.495 e. The summed E-state index contributed by atoms with van der Waals surface area (Å²) in [6.07, 6.45) is 3.11. The smallest absolute Gasteiger partial charge is 0.344 e. The molecule has 0 atom stereocenters. The van der Waals surface area contributed by atoms with Gasteiger partial charge in [0.2, 0.25) is 0 Å². The van der Waals surface area contributed by atoms with Crippen LogP contribution in [0.4, 0.5) is 0 Å². The molecule has 0 aliphatic carbocycles. The predicted molar refractivity (Wildman–Crippen MR) is 127 cm³/mol. The number of hydrogen-bond acceptors (Lipinski definition) is 4. The maximum Gasteiger partial charge on any atom is 0.344 e. The van der Waals surface area contributed by atoms with Gasteiger partial charge in [0, 0.05) is 27.7 Å². The quantitative estimate of drug-likeness (QED) is 0.357. The fourth-order valence-corrected chi connectivity index (χ4v) is 3.89. The van der Waals surface area contributed by atoms with E-state index < -0.39 is 5.63 Å². The maximum absolute atomic E-state index is 12.7. The van der Waals surface area contributed by atoms with Crippen LogP contribution < -0.4 is 15.7 Å². The van der Waals surface area contributed by atoms with Crippen LogP contribution in [0.25, 0.3) is 28.2 Å². The Kier molecular flexibility index (Phi) is 6.30. The van der Waals surface area contributed by atoms with Crippen molar-refractivity contribution in [3.05, 3.63) is 105 Å². The summed E-state index contributed by atoms with van der Waals surface area (Å²) in [5.74, 6) is 0.104. The normalized spacial score (nSPS) is 11.1. The summed E-state index contributed by atoms with van der Waals surface area (Å²) < 4.78 is 10.7. The molecule has 160 valence electrons. The predicted octanol–water partition coefficient (Wildman–Crippen LogP) is 6.18. The number of amides is 1. The standard InChI is InChI=1S/C25H17Cl2NO4/c1-31-23-17(12-19(26)14-21(23)27)9-10-28-24(29)18-7-4-6-15(11-18)20-13-16-5-2-3-8-22(16)32-25(20)30/h2-14H,1H3,(H,28,29)/b10-9+. The Bertz CT molecular complexity index is 1410. The molecule has 0 fully saturated rings. The number of rotatable bonds is 5. The largest absolute Gasteiger partial charge is 0.495 e. The van der Waals surface area contributed by atoms with E-state index in [4.69, 9.17) is 32.4 Å². The second-order valence-electron chi connectivity index (χ2n) is 6.88. The van der Waals surface area contributed by atoms with Crippen LogP contribution in [-0.4, -0.2) is 13.0 Å². The van der Waals surface area contributed by atoms with E-state index in [-0.39, 0.29) is 5.91 Å². The third-order valence-electron chi connectivity index (χ3n) is 4.80. The molecule has 0 saturated heterocycles. The number of ether oxygens (including phenoxy) is 1. The Labute approximate surface area is 193 Å². The number of carbonyl (C=O) groups is 1. The molecule has 0 radical (unpaired) electrons. The van der Waals surface area contributed by atoms with E-state index in [0.717, 1.165) is 5.39 Å². The fraction of sp³-hybridized carbons (Fsp3) is 0.0400. The first kappa shape index (κ1) is 21.7. The van der Waals surface area contributed by atoms with Crippen molar-refractivity contribution in [3.8, 4) is 16.9 Å². The van der Waals surface area contributed by atoms with Gasteiger partial charge in [0.05, 0.1) is 17.7 Å². The summed E-state index contributed by atoms with van der Waals surface area (Å²) in [7, 11) is 1.50. The molecule has 0 unspecified atom stereocenters. The molecule has 0 bridgehead atoms. The highest BCUT2D eigenvalue weighted by Gasteiger charge is 2.11. The highest BCUT2D eigenvalue weighted by atomic mass is 35.5. The minimum absolute atomic E-state index is 0.347. The van der Waals surface area contributed by atoms with E-state index in [9.17, 15) is 9.59 Å². The number of para-hydroxylation sites is 1. The van der Waals surface area contributed by atoms with E-state index >= 15 is 0 Å². The summed E-state index contributed by atoms with van der Waals surface area (Å²) in [5.41, 5.74) is 2.02. The lowest BCUT2D eigenvalue weighted by molar-refractivity contribution is 0.0970. The van der Waals surface area contributed by atoms with Gasteiger partial charge in [-0.1, -0.05) is 53.5 Å². The monoisotopic (exact) mass is 465 g/mol. The molecule has 4 aromatic rings. The Morgan fingerprint density at radius 3 is 2.66 bits per heavy atom. The van der Waals surface area contributed by atoms with Gasteiger partial charge in [0.25, 0.3) is 5.91 Å². The van der Waals surface area contributed by atoms with Gasteiger partial charge in [0.1, 0.15) is 11.3 Å². The van der Waals surface area contributed by atoms with Gasteiger partial charge < -0.3 is 14.5 Å². The van der Waals surface area contributed by atoms with Crippen LogP contribution in [0, 0.1) is 0 Å². The number of halogens is 2. The fourth-order valence-electron chi connectivity index (χ4n) is 3.30. The number of benzene rings is 3. The van der Waals surface area contributed by atoms with Gasteiger partial charge in [0.15, 0.2) is 0 Å². The van der Waals surface area contributed by atoms with Gasteiger partial charge in [-0.3, -0.25) is 4.79 Å². The number of fused-ring (bicyclic) bond motifs is 1. The lowest BCUT2D eigenvalue weighted by Crippen LogP contribution is -2.17. The molecule has 0 spiro atoms. The Morgan fingerprint density at radius 1 is 1.03 bits per heavy atom. The van der Waals surface area contributed by atoms with Crippen molar-refractivity contribution < 1.29 is 13.9 Å². The first-order chi connectivity index (χ1) is 15.5. The Morgan fingerprint density at radius 2 is 1.84 bits per heavy atom. The SMILES string of the molecule is COc1c(Cl)cc(Cl)cc1/C=C/NC(=O)c1cccc(-c2cc3ccccc3oc2=O)c1. The first-order valence-corrected chi connectivity index (χ1v) is 10.4. The highest BCUT2D eigenvalue weighted by Crippen LogP contribution is 2.32. The molecule has 4 rings (SSSR count). The first-order valence-electron chi connectivity index (χ1n) is 9.60. The van der Waals surface area contributed by atoms with E-state index in [2.05, 4.69) is 5.32 Å². The highest BCUT2D eigenvalue weighted by molar-refractivity contribution is 6.35. The number of nitrogens with one attached hydrogen (secondary N) is 1. The third kappa shape index (κ3) is 4.54. The van der Waals surface area contributed by atoms with Gasteiger partial charge in [-0.15, -0.1) is 0 Å². The molecule has 32 heavy (non-hydrogen) atoms. The summed E-state index contributed by atoms with van der Waals surface area (Å²) in [6, 6.07) is 19.0. The van der Waals surface area contributed by atoms with E-state index in [1.807, 2.05) is 12.1 Å². The Hall–Kier alpha value is -3.54. The lowest BCUT2D eigenvalue weighted by Gasteiger charge is -2.08. The van der Waals surface area contributed by atoms with Crippen LogP contribution in [-0.2, 0) is 0 Å². The zero-order valence-electron chi connectivity index (χ0n) is 16.9. The van der Waals surface area contributed by atoms with Gasteiger partial charge >= 0.3 is 5.63 Å². The molecular formula is C25H17Cl2NO4. The van der Waals surface area contributed by atoms with Crippen molar-refractivity contribution in [2.45, 2.75) is 0 Å². The molecule has 0 saturated carbocycles. The van der Waals surface area contributed by atoms with Crippen LogP contribution in [0.15, 0.2) is 82.1 Å². The van der Waals surface area contributed by atoms with E-state index in [1.165, 1.54) is 13.3 Å². The summed E-state index contributed by atoms with van der Waals surface area (Å²) in [6.45, 7) is 0. The van der Waals surface area contributed by atoms with Gasteiger partial charge in [-0.2, -0.15) is 0 Å². The molecule has 0 aliphatic heterocycles. The average molecular weight is 466 g/mol. The van der Waals surface area contributed by atoms with E-state index in [0.29, 0.717) is 43.6 Å². The molecular weight excluding hydrogens is 449 g/mol. The van der Waals surface area contributed by atoms with E-state index in [1.54, 1.807) is 60.7 Å². The van der Waals surface area contributed by atoms with Crippen LogP contribution in [0.1, 0.15) is 15.9 Å². The minimum atomic E-state index is -0.467. The van der Waals surface area contributed by atoms with Crippen molar-refractivity contribution >= 4 is 46.2 Å². The molecule has 1 heterocycles. The zero-order chi connectivity index (χ0) is 22.7. The molecule has 7 heteroatoms. The maximum atomic E-state index is 12.7. The molecule has 3 aromatic carbocycles. The topological polar surface area (TPSA) is 68.5 Å². The second-order valence-corrected chi connectivity index (χ2v) is 7.73. The molecule has 1 amide bonds. The Balaban J connectivity index is 1.58. The van der Waals surface area contributed by atoms with Crippen molar-refractivity contribution in [3.63, 3.8) is 0 Å². The van der Waals surface area contributed by atoms with Crippen molar-refractivity contribution in [2.75, 3.05) is 7.11 Å². The van der Waals surface area contributed by atoms with Gasteiger partial charge in [-0.05, 0) is 48.0 Å². The third-order valence-corrected chi connectivity index (χ3v) is 5.29. The molecule has 0 aliphatic rings. The van der Waals surface area contributed by atoms with Crippen LogP contribution in [0.2, 0.25) is 10.0 Å². The molecule has 1 N–H and O–H groups in total. The van der Waals surface area contributed by atoms with Gasteiger partial charge in [-0.25, -0.2) is 4.79 Å². The van der Waals surface area contributed by atoms with Crippen molar-refractivity contribution in [1.29, 1.82) is 0 Å². The number of carbonyl (C=O) groups excluding carboxylic acids is 1. The lowest BCUT2D eigenvalue weighted by atomic mass is 10.0. The zero-order valence-corrected chi connectivity index (χ0v) is 18.4. The molecule has 1 aromatic heterocycles. The summed E-state index contributed by atoms with van der Waals surface area (Å²) in [4.78, 5) is 25.1. The van der Waals surface area contributed by atoms with Crippen molar-refractivity contribution in [1.82, 2.24) is 5.32 Å². The van der Waals surface area contributed by atoms with Crippen LogP contribution in [0.5, 0.6) is 5.75 Å². The summed E-state index contributed by atoms with van der Waals surface area (Å²) >= 11 is 12.2. The second kappa shape index (κ2) is 9.30. The number of methoxy groups -OCH3 is 1. The molecule has 5 nitrogen and oxygen atoms in total.